The molecule has 0 amide bonds. The van der Waals surface area contributed by atoms with Crippen LogP contribution in [0.2, 0.25) is 5.02 Å². The number of carbonyl (C=O) groups excluding carboxylic acids is 1. The Morgan fingerprint density at radius 1 is 1.13 bits per heavy atom. The fourth-order valence-corrected chi connectivity index (χ4v) is 2.82. The molecule has 0 unspecified atom stereocenters. The van der Waals surface area contributed by atoms with E-state index in [1.807, 2.05) is 36.4 Å². The summed E-state index contributed by atoms with van der Waals surface area (Å²) in [6.45, 7) is 0. The van der Waals surface area contributed by atoms with Crippen LogP contribution in [0.15, 0.2) is 53.7 Å². The predicted octanol–water partition coefficient (Wildman–Crippen LogP) is -0.204. The molecule has 7 heteroatoms. The molecule has 110 valence electrons. The Labute approximate surface area is 164 Å². The molecule has 0 spiro atoms. The van der Waals surface area contributed by atoms with Crippen LogP contribution >= 0.6 is 23.4 Å². The maximum absolute atomic E-state index is 10.6. The van der Waals surface area contributed by atoms with E-state index in [0.29, 0.717) is 10.2 Å². The first-order valence-electron chi connectivity index (χ1n) is 6.49. The Balaban J connectivity index is 0.00000192. The van der Waals surface area contributed by atoms with Crippen LogP contribution in [0.25, 0.3) is 22.2 Å². The summed E-state index contributed by atoms with van der Waals surface area (Å²) in [5, 5.41) is 12.5. The van der Waals surface area contributed by atoms with E-state index in [4.69, 9.17) is 11.6 Å². The first kappa shape index (κ1) is 18.2. The average molecular weight is 353 g/mol. The van der Waals surface area contributed by atoms with Crippen LogP contribution in [0.5, 0.6) is 0 Å². The van der Waals surface area contributed by atoms with Gasteiger partial charge in [0.05, 0.1) is 17.2 Å². The van der Waals surface area contributed by atoms with Crippen molar-refractivity contribution in [1.82, 2.24) is 9.97 Å². The van der Waals surface area contributed by atoms with Gasteiger partial charge in [0.2, 0.25) is 0 Å². The molecule has 0 N–H and O–H groups in total. The Hall–Kier alpha value is -1.11. The number of halogens is 1. The monoisotopic (exact) mass is 352 g/mol. The van der Waals surface area contributed by atoms with Crippen molar-refractivity contribution < 1.29 is 39.5 Å². The van der Waals surface area contributed by atoms with Gasteiger partial charge in [-0.15, -0.1) is 0 Å². The number of aromatic nitrogens is 2. The van der Waals surface area contributed by atoms with Crippen LogP contribution in [-0.2, 0) is 4.79 Å². The molecule has 0 radical (unpaired) electrons. The minimum atomic E-state index is -1.15. The first-order chi connectivity index (χ1) is 10.6. The van der Waals surface area contributed by atoms with Crippen LogP contribution in [0.3, 0.4) is 0 Å². The van der Waals surface area contributed by atoms with Crippen LogP contribution in [0, 0.1) is 0 Å². The van der Waals surface area contributed by atoms with Crippen molar-refractivity contribution in [3.05, 3.63) is 53.6 Å². The topological polar surface area (TPSA) is 65.9 Å². The standard InChI is InChI=1S/C16H11ClN2O2S.Na/c17-11-6-7-13-12(8-11)15(10-4-2-1-3-5-10)19-16(18-13)22-9-14(20)21;/h1-8H,9H2,(H,20,21);/q;+1/p-1. The molecule has 0 aliphatic rings. The Kier molecular flexibility index (Phi) is 6.44. The summed E-state index contributed by atoms with van der Waals surface area (Å²) in [6, 6.07) is 15.0. The summed E-state index contributed by atoms with van der Waals surface area (Å²) in [6.07, 6.45) is 0. The summed E-state index contributed by atoms with van der Waals surface area (Å²) >= 11 is 7.11. The van der Waals surface area contributed by atoms with E-state index in [1.54, 1.807) is 12.1 Å². The van der Waals surface area contributed by atoms with Crippen LogP contribution in [-0.4, -0.2) is 21.7 Å². The van der Waals surface area contributed by atoms with Crippen LogP contribution in [0.4, 0.5) is 0 Å². The van der Waals surface area contributed by atoms with Crippen LogP contribution in [0.1, 0.15) is 0 Å². The zero-order valence-corrected chi connectivity index (χ0v) is 15.9. The van der Waals surface area contributed by atoms with Gasteiger partial charge >= 0.3 is 29.6 Å². The van der Waals surface area contributed by atoms with E-state index in [-0.39, 0.29) is 35.3 Å². The summed E-state index contributed by atoms with van der Waals surface area (Å²) in [5.41, 5.74) is 2.38. The number of carboxylic acid groups (broad SMARTS) is 1. The quantitative estimate of drug-likeness (QED) is 0.369. The van der Waals surface area contributed by atoms with Gasteiger partial charge in [-0.05, 0) is 18.2 Å². The van der Waals surface area contributed by atoms with Crippen molar-refractivity contribution in [1.29, 1.82) is 0 Å². The fraction of sp³-hybridized carbons (Fsp3) is 0.0625. The maximum Gasteiger partial charge on any atom is 1.00 e. The van der Waals surface area contributed by atoms with E-state index in [0.717, 1.165) is 33.9 Å². The molecule has 23 heavy (non-hydrogen) atoms. The Bertz CT molecular complexity index is 846. The SMILES string of the molecule is O=C([O-])CSc1nc(-c2ccccc2)c2cc(Cl)ccc2n1.[Na+]. The van der Waals surface area contributed by atoms with Crippen molar-refractivity contribution in [3.63, 3.8) is 0 Å². The largest absolute Gasteiger partial charge is 1.00 e. The molecule has 0 saturated carbocycles. The maximum atomic E-state index is 10.6. The van der Waals surface area contributed by atoms with Gasteiger partial charge in [0, 0.05) is 21.7 Å². The summed E-state index contributed by atoms with van der Waals surface area (Å²) < 4.78 is 0. The zero-order chi connectivity index (χ0) is 15.5. The number of carbonyl (C=O) groups is 1. The minimum Gasteiger partial charge on any atom is -0.549 e. The number of hydrogen-bond donors (Lipinski definition) is 0. The molecule has 0 bridgehead atoms. The third kappa shape index (κ3) is 4.46. The molecule has 3 aromatic rings. The number of hydrogen-bond acceptors (Lipinski definition) is 5. The number of rotatable bonds is 4. The Morgan fingerprint density at radius 3 is 2.57 bits per heavy atom. The Morgan fingerprint density at radius 2 is 1.87 bits per heavy atom. The van der Waals surface area contributed by atoms with Crippen molar-refractivity contribution in [2.75, 3.05) is 5.75 Å². The minimum absolute atomic E-state index is 0. The first-order valence-corrected chi connectivity index (χ1v) is 7.85. The summed E-state index contributed by atoms with van der Waals surface area (Å²) in [4.78, 5) is 19.5. The number of benzene rings is 2. The third-order valence-electron chi connectivity index (χ3n) is 3.00. The van der Waals surface area contributed by atoms with Crippen molar-refractivity contribution in [3.8, 4) is 11.3 Å². The van der Waals surface area contributed by atoms with Gasteiger partial charge in [0.15, 0.2) is 5.16 Å². The van der Waals surface area contributed by atoms with Gasteiger partial charge in [0.25, 0.3) is 0 Å². The molecule has 2 aromatic carbocycles. The predicted molar refractivity (Wildman–Crippen MR) is 85.7 cm³/mol. The number of thioether (sulfide) groups is 1. The second-order valence-corrected chi connectivity index (χ2v) is 5.92. The number of fused-ring (bicyclic) bond motifs is 1. The molecule has 0 saturated heterocycles. The molecule has 0 aliphatic heterocycles. The smallest absolute Gasteiger partial charge is 0.549 e. The van der Waals surface area contributed by atoms with E-state index >= 15 is 0 Å². The molecule has 0 fully saturated rings. The summed E-state index contributed by atoms with van der Waals surface area (Å²) in [5.74, 6) is -1.33. The number of nitrogens with zero attached hydrogens (tertiary/aromatic N) is 2. The van der Waals surface area contributed by atoms with E-state index in [2.05, 4.69) is 9.97 Å². The molecule has 4 nitrogen and oxygen atoms in total. The van der Waals surface area contributed by atoms with Gasteiger partial charge in [-0.2, -0.15) is 0 Å². The second kappa shape index (κ2) is 8.13. The average Bonchev–Trinajstić information content (AvgIpc) is 2.53. The molecule has 1 aromatic heterocycles. The fourth-order valence-electron chi connectivity index (χ4n) is 2.08. The normalized spacial score (nSPS) is 10.3. The molecule has 0 aliphatic carbocycles. The molecule has 0 atom stereocenters. The third-order valence-corrected chi connectivity index (χ3v) is 4.06. The molecular weight excluding hydrogens is 343 g/mol. The number of carboxylic acids is 1. The van der Waals surface area contributed by atoms with Crippen molar-refractivity contribution in [2.24, 2.45) is 0 Å². The van der Waals surface area contributed by atoms with E-state index < -0.39 is 5.97 Å². The van der Waals surface area contributed by atoms with Gasteiger partial charge in [0.1, 0.15) is 0 Å². The van der Waals surface area contributed by atoms with Gasteiger partial charge < -0.3 is 9.90 Å². The van der Waals surface area contributed by atoms with Crippen molar-refractivity contribution in [2.45, 2.75) is 5.16 Å². The molecule has 3 rings (SSSR count). The molecular formula is C16H10ClN2NaO2S. The van der Waals surface area contributed by atoms with E-state index in [9.17, 15) is 9.90 Å². The molecule has 1 heterocycles. The zero-order valence-electron chi connectivity index (χ0n) is 12.3. The van der Waals surface area contributed by atoms with Crippen molar-refractivity contribution >= 4 is 40.2 Å². The number of aliphatic carboxylic acids is 1. The van der Waals surface area contributed by atoms with Gasteiger partial charge in [-0.3, -0.25) is 0 Å². The van der Waals surface area contributed by atoms with E-state index in [1.165, 1.54) is 0 Å². The van der Waals surface area contributed by atoms with Crippen LogP contribution < -0.4 is 34.7 Å². The van der Waals surface area contributed by atoms with Gasteiger partial charge in [-0.25, -0.2) is 9.97 Å². The van der Waals surface area contributed by atoms with Gasteiger partial charge in [-0.1, -0.05) is 53.7 Å². The summed E-state index contributed by atoms with van der Waals surface area (Å²) in [7, 11) is 0. The second-order valence-electron chi connectivity index (χ2n) is 4.54.